The number of nitrogens with one attached hydrogen (secondary N) is 2. The number of nitrogens with zero attached hydrogens (tertiary/aromatic N) is 3. The van der Waals surface area contributed by atoms with Gasteiger partial charge in [-0.25, -0.2) is 0 Å². The molecule has 9 heteroatoms. The lowest BCUT2D eigenvalue weighted by molar-refractivity contribution is -0.113. The zero-order chi connectivity index (χ0) is 24.0. The van der Waals surface area contributed by atoms with Gasteiger partial charge in [0.1, 0.15) is 0 Å². The first kappa shape index (κ1) is 25.2. The highest BCUT2D eigenvalue weighted by atomic mass is 127. The Kier molecular flexibility index (Phi) is 8.90. The number of anilines is 1. The van der Waals surface area contributed by atoms with Crippen LogP contribution < -0.4 is 10.6 Å². The summed E-state index contributed by atoms with van der Waals surface area (Å²) in [5.74, 6) is 0.756. The summed E-state index contributed by atoms with van der Waals surface area (Å²) in [6.45, 7) is 8.67. The van der Waals surface area contributed by atoms with Gasteiger partial charge < -0.3 is 15.2 Å². The van der Waals surface area contributed by atoms with Crippen LogP contribution in [0.1, 0.15) is 48.6 Å². The first-order chi connectivity index (χ1) is 15.8. The van der Waals surface area contributed by atoms with Gasteiger partial charge in [-0.2, -0.15) is 0 Å². The maximum absolute atomic E-state index is 12.9. The van der Waals surface area contributed by atoms with Crippen LogP contribution in [0.25, 0.3) is 0 Å². The van der Waals surface area contributed by atoms with Gasteiger partial charge in [0.15, 0.2) is 11.0 Å². The molecular formula is C24H28IN5O2S. The third kappa shape index (κ3) is 6.80. The predicted molar refractivity (Wildman–Crippen MR) is 140 cm³/mol. The van der Waals surface area contributed by atoms with Crippen LogP contribution in [0.3, 0.4) is 0 Å². The predicted octanol–water partition coefficient (Wildman–Crippen LogP) is 5.07. The number of carbonyl (C=O) groups excluding carboxylic acids is 2. The highest BCUT2D eigenvalue weighted by molar-refractivity contribution is 14.1. The third-order valence-electron chi connectivity index (χ3n) is 5.03. The number of hydrogen-bond donors (Lipinski definition) is 2. The van der Waals surface area contributed by atoms with E-state index in [1.807, 2.05) is 74.7 Å². The molecule has 1 heterocycles. The number of aromatic nitrogens is 3. The van der Waals surface area contributed by atoms with Crippen LogP contribution >= 0.6 is 34.4 Å². The van der Waals surface area contributed by atoms with Crippen LogP contribution in [-0.4, -0.2) is 32.3 Å². The molecular weight excluding hydrogens is 549 g/mol. The Morgan fingerprint density at radius 1 is 1.12 bits per heavy atom. The Morgan fingerprint density at radius 2 is 1.85 bits per heavy atom. The largest absolute Gasteiger partial charge is 0.342 e. The van der Waals surface area contributed by atoms with E-state index in [1.165, 1.54) is 11.8 Å². The monoisotopic (exact) mass is 577 g/mol. The molecule has 0 aliphatic carbocycles. The number of rotatable bonds is 9. The number of halogens is 1. The number of benzene rings is 2. The van der Waals surface area contributed by atoms with E-state index in [-0.39, 0.29) is 29.5 Å². The summed E-state index contributed by atoms with van der Waals surface area (Å²) in [6.07, 6.45) is 0. The van der Waals surface area contributed by atoms with Gasteiger partial charge in [-0.15, -0.1) is 10.2 Å². The van der Waals surface area contributed by atoms with Crippen molar-refractivity contribution in [2.24, 2.45) is 5.92 Å². The van der Waals surface area contributed by atoms with Gasteiger partial charge in [0.25, 0.3) is 5.91 Å². The molecule has 33 heavy (non-hydrogen) atoms. The Bertz CT molecular complexity index is 1110. The molecule has 0 saturated heterocycles. The third-order valence-corrected chi connectivity index (χ3v) is 6.72. The lowest BCUT2D eigenvalue weighted by Crippen LogP contribution is -2.33. The fourth-order valence-electron chi connectivity index (χ4n) is 3.33. The molecule has 3 aromatic rings. The molecule has 0 radical (unpaired) electrons. The Balaban J connectivity index is 1.70. The molecule has 1 atom stereocenters. The summed E-state index contributed by atoms with van der Waals surface area (Å²) in [5, 5.41) is 15.4. The molecule has 0 aliphatic rings. The fourth-order valence-corrected chi connectivity index (χ4v) is 4.50. The molecule has 0 spiro atoms. The quantitative estimate of drug-likeness (QED) is 0.274. The summed E-state index contributed by atoms with van der Waals surface area (Å²) in [5.41, 5.74) is 2.41. The standard InChI is InChI=1S/C24H28IN5O2S/c1-5-30-22(21(15(2)3)27-23(32)17-8-6-7-16(4)13-17)28-29-24(30)33-14-20(31)26-19-11-9-18(25)10-12-19/h6-13,15,21H,5,14H2,1-4H3,(H,26,31)(H,27,32)/t21-/m1/s1. The summed E-state index contributed by atoms with van der Waals surface area (Å²) in [7, 11) is 0. The van der Waals surface area contributed by atoms with Crippen LogP contribution in [0.15, 0.2) is 53.7 Å². The van der Waals surface area contributed by atoms with Crippen LogP contribution in [0.2, 0.25) is 0 Å². The molecule has 0 fully saturated rings. The Labute approximate surface area is 212 Å². The summed E-state index contributed by atoms with van der Waals surface area (Å²) in [4.78, 5) is 25.3. The molecule has 0 aliphatic heterocycles. The Morgan fingerprint density at radius 3 is 2.48 bits per heavy atom. The number of hydrogen-bond acceptors (Lipinski definition) is 5. The number of amides is 2. The van der Waals surface area contributed by atoms with Gasteiger partial charge in [0.05, 0.1) is 11.8 Å². The normalized spacial score (nSPS) is 11.9. The van der Waals surface area contributed by atoms with E-state index in [0.717, 1.165) is 14.8 Å². The van der Waals surface area contributed by atoms with Crippen molar-refractivity contribution >= 4 is 51.9 Å². The SMILES string of the molecule is CCn1c(SCC(=O)Nc2ccc(I)cc2)nnc1[C@H](NC(=O)c1cccc(C)c1)C(C)C. The maximum atomic E-state index is 12.9. The van der Waals surface area contributed by atoms with Gasteiger partial charge in [-0.3, -0.25) is 9.59 Å². The highest BCUT2D eigenvalue weighted by Crippen LogP contribution is 2.26. The van der Waals surface area contributed by atoms with E-state index in [4.69, 9.17) is 0 Å². The first-order valence-corrected chi connectivity index (χ1v) is 12.8. The summed E-state index contributed by atoms with van der Waals surface area (Å²) >= 11 is 3.56. The zero-order valence-corrected chi connectivity index (χ0v) is 22.1. The molecule has 0 bridgehead atoms. The van der Waals surface area contributed by atoms with Crippen molar-refractivity contribution in [3.63, 3.8) is 0 Å². The number of aryl methyl sites for hydroxylation is 1. The van der Waals surface area contributed by atoms with E-state index in [9.17, 15) is 9.59 Å². The highest BCUT2D eigenvalue weighted by Gasteiger charge is 2.26. The van der Waals surface area contributed by atoms with E-state index in [0.29, 0.717) is 23.1 Å². The molecule has 2 aromatic carbocycles. The van der Waals surface area contributed by atoms with Gasteiger partial charge in [-0.05, 0) is 78.8 Å². The van der Waals surface area contributed by atoms with E-state index in [1.54, 1.807) is 6.07 Å². The van der Waals surface area contributed by atoms with Crippen molar-refractivity contribution in [3.05, 3.63) is 69.1 Å². The van der Waals surface area contributed by atoms with E-state index in [2.05, 4.69) is 43.4 Å². The maximum Gasteiger partial charge on any atom is 0.251 e. The van der Waals surface area contributed by atoms with Crippen molar-refractivity contribution in [1.29, 1.82) is 0 Å². The molecule has 1 aromatic heterocycles. The van der Waals surface area contributed by atoms with Gasteiger partial charge in [-0.1, -0.05) is 43.3 Å². The van der Waals surface area contributed by atoms with E-state index < -0.39 is 0 Å². The van der Waals surface area contributed by atoms with Crippen molar-refractivity contribution in [2.45, 2.75) is 45.4 Å². The zero-order valence-electron chi connectivity index (χ0n) is 19.1. The molecule has 2 N–H and O–H groups in total. The van der Waals surface area contributed by atoms with Crippen LogP contribution in [0.4, 0.5) is 5.69 Å². The minimum Gasteiger partial charge on any atom is -0.342 e. The van der Waals surface area contributed by atoms with E-state index >= 15 is 0 Å². The van der Waals surface area contributed by atoms with Crippen molar-refractivity contribution in [2.75, 3.05) is 11.1 Å². The second kappa shape index (κ2) is 11.6. The second-order valence-electron chi connectivity index (χ2n) is 7.99. The number of carbonyl (C=O) groups is 2. The molecule has 3 rings (SSSR count). The topological polar surface area (TPSA) is 88.9 Å². The van der Waals surface area contributed by atoms with Gasteiger partial charge >= 0.3 is 0 Å². The average Bonchev–Trinajstić information content (AvgIpc) is 3.19. The Hall–Kier alpha value is -2.40. The number of thioether (sulfide) groups is 1. The van der Waals surface area contributed by atoms with Gasteiger partial charge in [0.2, 0.25) is 5.91 Å². The van der Waals surface area contributed by atoms with Gasteiger partial charge in [0, 0.05) is 21.4 Å². The lowest BCUT2D eigenvalue weighted by Gasteiger charge is -2.22. The van der Waals surface area contributed by atoms with Crippen LogP contribution in [-0.2, 0) is 11.3 Å². The molecule has 2 amide bonds. The minimum atomic E-state index is -0.305. The summed E-state index contributed by atoms with van der Waals surface area (Å²) in [6, 6.07) is 14.8. The molecule has 7 nitrogen and oxygen atoms in total. The minimum absolute atomic E-state index is 0.107. The summed E-state index contributed by atoms with van der Waals surface area (Å²) < 4.78 is 3.07. The first-order valence-electron chi connectivity index (χ1n) is 10.8. The van der Waals surface area contributed by atoms with Crippen molar-refractivity contribution < 1.29 is 9.59 Å². The average molecular weight is 577 g/mol. The van der Waals surface area contributed by atoms with Crippen LogP contribution in [0, 0.1) is 16.4 Å². The van der Waals surface area contributed by atoms with Crippen molar-refractivity contribution in [3.8, 4) is 0 Å². The van der Waals surface area contributed by atoms with Crippen LogP contribution in [0.5, 0.6) is 0 Å². The van der Waals surface area contributed by atoms with Crippen molar-refractivity contribution in [1.82, 2.24) is 20.1 Å². The lowest BCUT2D eigenvalue weighted by atomic mass is 10.0. The molecule has 0 saturated carbocycles. The smallest absolute Gasteiger partial charge is 0.251 e. The fraction of sp³-hybridized carbons (Fsp3) is 0.333. The second-order valence-corrected chi connectivity index (χ2v) is 10.2. The molecule has 174 valence electrons. The molecule has 0 unspecified atom stereocenters.